The van der Waals surface area contributed by atoms with E-state index in [4.69, 9.17) is 11.6 Å². The van der Waals surface area contributed by atoms with Gasteiger partial charge in [0.1, 0.15) is 5.82 Å². The summed E-state index contributed by atoms with van der Waals surface area (Å²) in [4.78, 5) is 13.1. The van der Waals surface area contributed by atoms with Crippen molar-refractivity contribution in [2.75, 3.05) is 11.9 Å². The standard InChI is InChI=1S/C16H15ClFNO2/c1-10(12-5-3-4-6-14(12)18)19(2)15-8-7-11(17)9-13(15)16(20)21/h3-10H,1-2H3,(H,20,21). The lowest BCUT2D eigenvalue weighted by atomic mass is 10.0. The highest BCUT2D eigenvalue weighted by Gasteiger charge is 2.20. The number of carboxylic acid groups (broad SMARTS) is 1. The number of hydrogen-bond acceptors (Lipinski definition) is 2. The predicted octanol–water partition coefficient (Wildman–Crippen LogP) is 4.37. The number of hydrogen-bond donors (Lipinski definition) is 1. The van der Waals surface area contributed by atoms with E-state index < -0.39 is 5.97 Å². The van der Waals surface area contributed by atoms with Gasteiger partial charge in [0.05, 0.1) is 17.3 Å². The number of benzene rings is 2. The van der Waals surface area contributed by atoms with Crippen LogP contribution in [0.2, 0.25) is 5.02 Å². The summed E-state index contributed by atoms with van der Waals surface area (Å²) in [6.07, 6.45) is 0. The highest BCUT2D eigenvalue weighted by atomic mass is 35.5. The summed E-state index contributed by atoms with van der Waals surface area (Å²) >= 11 is 5.85. The molecule has 5 heteroatoms. The van der Waals surface area contributed by atoms with E-state index >= 15 is 0 Å². The maximum Gasteiger partial charge on any atom is 0.337 e. The van der Waals surface area contributed by atoms with Gasteiger partial charge in [-0.15, -0.1) is 0 Å². The lowest BCUT2D eigenvalue weighted by Crippen LogP contribution is -2.24. The van der Waals surface area contributed by atoms with Gasteiger partial charge >= 0.3 is 5.97 Å². The van der Waals surface area contributed by atoms with Crippen molar-refractivity contribution in [2.45, 2.75) is 13.0 Å². The zero-order chi connectivity index (χ0) is 15.6. The smallest absolute Gasteiger partial charge is 0.337 e. The van der Waals surface area contributed by atoms with Gasteiger partial charge in [-0.1, -0.05) is 29.8 Å². The van der Waals surface area contributed by atoms with Crippen LogP contribution >= 0.6 is 11.6 Å². The number of rotatable bonds is 4. The van der Waals surface area contributed by atoms with E-state index in [1.807, 2.05) is 6.92 Å². The maximum absolute atomic E-state index is 13.9. The second-order valence-corrected chi connectivity index (χ2v) is 5.21. The van der Waals surface area contributed by atoms with Crippen LogP contribution in [-0.4, -0.2) is 18.1 Å². The first-order valence-electron chi connectivity index (χ1n) is 6.42. The summed E-state index contributed by atoms with van der Waals surface area (Å²) in [6, 6.07) is 10.8. The molecule has 2 rings (SSSR count). The first-order chi connectivity index (χ1) is 9.91. The van der Waals surface area contributed by atoms with Gasteiger partial charge in [0, 0.05) is 17.6 Å². The Bertz CT molecular complexity index is 675. The molecule has 2 aromatic carbocycles. The van der Waals surface area contributed by atoms with Gasteiger partial charge in [0.25, 0.3) is 0 Å². The van der Waals surface area contributed by atoms with E-state index in [1.165, 1.54) is 12.1 Å². The quantitative estimate of drug-likeness (QED) is 0.911. The van der Waals surface area contributed by atoms with E-state index in [9.17, 15) is 14.3 Å². The van der Waals surface area contributed by atoms with Crippen molar-refractivity contribution in [1.82, 2.24) is 0 Å². The van der Waals surface area contributed by atoms with Gasteiger partial charge < -0.3 is 10.0 Å². The molecule has 0 aliphatic carbocycles. The summed E-state index contributed by atoms with van der Waals surface area (Å²) in [5.74, 6) is -1.39. The third kappa shape index (κ3) is 3.16. The average Bonchev–Trinajstić information content (AvgIpc) is 2.46. The second-order valence-electron chi connectivity index (χ2n) is 4.78. The van der Waals surface area contributed by atoms with Gasteiger partial charge in [0.15, 0.2) is 0 Å². The van der Waals surface area contributed by atoms with E-state index in [-0.39, 0.29) is 17.4 Å². The van der Waals surface area contributed by atoms with E-state index in [2.05, 4.69) is 0 Å². The molecule has 0 aromatic heterocycles. The van der Waals surface area contributed by atoms with Crippen molar-refractivity contribution in [3.63, 3.8) is 0 Å². The van der Waals surface area contributed by atoms with E-state index in [0.717, 1.165) is 0 Å². The molecule has 2 aromatic rings. The van der Waals surface area contributed by atoms with Crippen molar-refractivity contribution in [3.8, 4) is 0 Å². The van der Waals surface area contributed by atoms with E-state index in [0.29, 0.717) is 16.3 Å². The minimum atomic E-state index is -1.07. The minimum Gasteiger partial charge on any atom is -0.478 e. The summed E-state index contributed by atoms with van der Waals surface area (Å²) in [5, 5.41) is 9.64. The topological polar surface area (TPSA) is 40.5 Å². The number of carbonyl (C=O) groups is 1. The van der Waals surface area contributed by atoms with Crippen LogP contribution in [0.1, 0.15) is 28.9 Å². The van der Waals surface area contributed by atoms with Crippen LogP contribution in [0.15, 0.2) is 42.5 Å². The number of aromatic carboxylic acids is 1. The van der Waals surface area contributed by atoms with Crippen molar-refractivity contribution in [1.29, 1.82) is 0 Å². The van der Waals surface area contributed by atoms with Crippen LogP contribution < -0.4 is 4.90 Å². The maximum atomic E-state index is 13.9. The normalized spacial score (nSPS) is 12.0. The summed E-state index contributed by atoms with van der Waals surface area (Å²) < 4.78 is 13.9. The Hall–Kier alpha value is -2.07. The van der Waals surface area contributed by atoms with Crippen molar-refractivity contribution >= 4 is 23.3 Å². The van der Waals surface area contributed by atoms with Crippen molar-refractivity contribution in [2.24, 2.45) is 0 Å². The zero-order valence-corrected chi connectivity index (χ0v) is 12.4. The van der Waals surface area contributed by atoms with Gasteiger partial charge in [-0.2, -0.15) is 0 Å². The van der Waals surface area contributed by atoms with Crippen LogP contribution in [0.5, 0.6) is 0 Å². The molecule has 1 unspecified atom stereocenters. The highest BCUT2D eigenvalue weighted by molar-refractivity contribution is 6.31. The Morgan fingerprint density at radius 1 is 1.29 bits per heavy atom. The summed E-state index contributed by atoms with van der Waals surface area (Å²) in [5.41, 5.74) is 1.09. The van der Waals surface area contributed by atoms with Crippen LogP contribution in [0.3, 0.4) is 0 Å². The van der Waals surface area contributed by atoms with Crippen molar-refractivity contribution < 1.29 is 14.3 Å². The molecule has 0 heterocycles. The Morgan fingerprint density at radius 2 is 1.95 bits per heavy atom. The summed E-state index contributed by atoms with van der Waals surface area (Å²) in [6.45, 7) is 1.82. The molecule has 0 aliphatic heterocycles. The molecule has 3 nitrogen and oxygen atoms in total. The van der Waals surface area contributed by atoms with Gasteiger partial charge in [-0.3, -0.25) is 0 Å². The molecular formula is C16H15ClFNO2. The second kappa shape index (κ2) is 6.14. The minimum absolute atomic E-state index is 0.0909. The lowest BCUT2D eigenvalue weighted by molar-refractivity contribution is 0.0697. The number of nitrogens with zero attached hydrogens (tertiary/aromatic N) is 1. The lowest BCUT2D eigenvalue weighted by Gasteiger charge is -2.29. The Labute approximate surface area is 127 Å². The largest absolute Gasteiger partial charge is 0.478 e. The van der Waals surface area contributed by atoms with Crippen LogP contribution in [0.4, 0.5) is 10.1 Å². The van der Waals surface area contributed by atoms with Crippen molar-refractivity contribution in [3.05, 3.63) is 64.4 Å². The SMILES string of the molecule is CC(c1ccccc1F)N(C)c1ccc(Cl)cc1C(=O)O. The molecule has 0 spiro atoms. The molecule has 0 saturated carbocycles. The molecule has 0 aliphatic rings. The highest BCUT2D eigenvalue weighted by Crippen LogP contribution is 2.31. The zero-order valence-electron chi connectivity index (χ0n) is 11.7. The van der Waals surface area contributed by atoms with E-state index in [1.54, 1.807) is 42.3 Å². The first kappa shape index (κ1) is 15.3. The van der Waals surface area contributed by atoms with Gasteiger partial charge in [-0.25, -0.2) is 9.18 Å². The molecule has 1 N–H and O–H groups in total. The van der Waals surface area contributed by atoms with Gasteiger partial charge in [0.2, 0.25) is 0 Å². The number of carboxylic acids is 1. The fourth-order valence-corrected chi connectivity index (χ4v) is 2.39. The Morgan fingerprint density at radius 3 is 2.57 bits per heavy atom. The van der Waals surface area contributed by atoms with Gasteiger partial charge in [-0.05, 0) is 31.2 Å². The van der Waals surface area contributed by atoms with Crippen LogP contribution in [0.25, 0.3) is 0 Å². The molecule has 0 radical (unpaired) electrons. The monoisotopic (exact) mass is 307 g/mol. The third-order valence-electron chi connectivity index (χ3n) is 3.51. The molecule has 21 heavy (non-hydrogen) atoms. The molecule has 110 valence electrons. The Balaban J connectivity index is 2.43. The molecule has 0 amide bonds. The summed E-state index contributed by atoms with van der Waals surface area (Å²) in [7, 11) is 1.73. The Kier molecular flexibility index (Phi) is 4.48. The number of anilines is 1. The first-order valence-corrected chi connectivity index (χ1v) is 6.79. The third-order valence-corrected chi connectivity index (χ3v) is 3.74. The molecule has 1 atom stereocenters. The van der Waals surface area contributed by atoms with Crippen LogP contribution in [0, 0.1) is 5.82 Å². The average molecular weight is 308 g/mol. The number of halogens is 2. The fourth-order valence-electron chi connectivity index (χ4n) is 2.22. The molecule has 0 saturated heterocycles. The van der Waals surface area contributed by atoms with Crippen LogP contribution in [-0.2, 0) is 0 Å². The fraction of sp³-hybridized carbons (Fsp3) is 0.188. The molecular weight excluding hydrogens is 293 g/mol. The predicted molar refractivity (Wildman–Crippen MR) is 81.6 cm³/mol. The molecule has 0 bridgehead atoms. The molecule has 0 fully saturated rings.